The highest BCUT2D eigenvalue weighted by Crippen LogP contribution is 2.26. The van der Waals surface area contributed by atoms with E-state index in [4.69, 9.17) is 9.44 Å². The van der Waals surface area contributed by atoms with Gasteiger partial charge < -0.3 is 4.18 Å². The molecule has 0 saturated heterocycles. The van der Waals surface area contributed by atoms with Crippen LogP contribution in [0.1, 0.15) is 17.0 Å². The Morgan fingerprint density at radius 2 is 1.81 bits per heavy atom. The Kier molecular flexibility index (Phi) is 5.75. The molecule has 7 nitrogen and oxygen atoms in total. The van der Waals surface area contributed by atoms with Gasteiger partial charge in [-0.3, -0.25) is 10.1 Å². The lowest BCUT2D eigenvalue weighted by molar-refractivity contribution is -0.481. The summed E-state index contributed by atoms with van der Waals surface area (Å²) >= 11 is 0. The van der Waals surface area contributed by atoms with E-state index in [0.29, 0.717) is 5.56 Å². The summed E-state index contributed by atoms with van der Waals surface area (Å²) in [5.41, 5.74) is 1.46. The summed E-state index contributed by atoms with van der Waals surface area (Å²) in [4.78, 5) is 10.3. The summed E-state index contributed by atoms with van der Waals surface area (Å²) in [5.74, 6) is -0.713. The predicted octanol–water partition coefficient (Wildman–Crippen LogP) is 3.20. The molecule has 0 fully saturated rings. The maximum atomic E-state index is 12.3. The summed E-state index contributed by atoms with van der Waals surface area (Å²) in [6.45, 7) is 4.90. The lowest BCUT2D eigenvalue weighted by Crippen LogP contribution is -2.14. The molecular formula is C18H16N2O5S. The first-order valence-corrected chi connectivity index (χ1v) is 8.95. The van der Waals surface area contributed by atoms with Crippen molar-refractivity contribution >= 4 is 10.1 Å². The highest BCUT2D eigenvalue weighted by Gasteiger charge is 2.22. The molecule has 0 N–H and O–H groups in total. The molecule has 0 amide bonds. The molecule has 134 valence electrons. The minimum atomic E-state index is -3.98. The third-order valence-corrected chi connectivity index (χ3v) is 4.96. The smallest absolute Gasteiger partial charge is 0.339 e. The Bertz CT molecular complexity index is 958. The Labute approximate surface area is 151 Å². The number of nitro groups is 1. The Morgan fingerprint density at radius 1 is 1.23 bits per heavy atom. The molecule has 26 heavy (non-hydrogen) atoms. The third-order valence-electron chi connectivity index (χ3n) is 3.69. The van der Waals surface area contributed by atoms with Crippen molar-refractivity contribution in [3.8, 4) is 11.8 Å². The molecule has 0 spiro atoms. The summed E-state index contributed by atoms with van der Waals surface area (Å²) < 4.78 is 29.6. The largest absolute Gasteiger partial charge is 0.379 e. The number of benzene rings is 2. The fourth-order valence-corrected chi connectivity index (χ4v) is 3.21. The van der Waals surface area contributed by atoms with Gasteiger partial charge in [0.1, 0.15) is 10.6 Å². The zero-order chi connectivity index (χ0) is 19.3. The van der Waals surface area contributed by atoms with Gasteiger partial charge in [0, 0.05) is 10.5 Å². The molecule has 0 saturated carbocycles. The van der Waals surface area contributed by atoms with Gasteiger partial charge in [0.05, 0.1) is 12.0 Å². The normalized spacial score (nSPS) is 12.0. The minimum Gasteiger partial charge on any atom is -0.379 e. The zero-order valence-corrected chi connectivity index (χ0v) is 14.8. The van der Waals surface area contributed by atoms with Crippen molar-refractivity contribution in [2.24, 2.45) is 0 Å². The molecule has 0 aromatic heterocycles. The third kappa shape index (κ3) is 4.68. The van der Waals surface area contributed by atoms with Crippen LogP contribution in [-0.4, -0.2) is 19.9 Å². The first kappa shape index (κ1) is 19.1. The standard InChI is InChI=1S/C18H16N2O5S/c1-13-3-9-17(10-4-13)26(23,24)25-16-7-5-15(6-8-16)18(12-20(21)22)14(2)11-19/h3-10,18H,2,12H2,1H3/t18-/m0/s1. The van der Waals surface area contributed by atoms with Crippen LogP contribution in [0.25, 0.3) is 0 Å². The maximum Gasteiger partial charge on any atom is 0.339 e. The topological polar surface area (TPSA) is 110 Å². The Balaban J connectivity index is 2.23. The number of nitriles is 1. The molecule has 0 unspecified atom stereocenters. The van der Waals surface area contributed by atoms with Crippen LogP contribution in [-0.2, 0) is 10.1 Å². The van der Waals surface area contributed by atoms with Gasteiger partial charge in [0.25, 0.3) is 0 Å². The molecule has 2 aromatic rings. The predicted molar refractivity (Wildman–Crippen MR) is 94.8 cm³/mol. The van der Waals surface area contributed by atoms with Crippen LogP contribution in [0, 0.1) is 28.4 Å². The van der Waals surface area contributed by atoms with E-state index in [-0.39, 0.29) is 16.2 Å². The Morgan fingerprint density at radius 3 is 2.31 bits per heavy atom. The van der Waals surface area contributed by atoms with Gasteiger partial charge in [-0.05, 0) is 36.8 Å². The van der Waals surface area contributed by atoms with E-state index < -0.39 is 27.5 Å². The van der Waals surface area contributed by atoms with E-state index in [1.165, 1.54) is 36.4 Å². The molecule has 2 rings (SSSR count). The van der Waals surface area contributed by atoms with Crippen LogP contribution in [0.2, 0.25) is 0 Å². The summed E-state index contributed by atoms with van der Waals surface area (Å²) in [5, 5.41) is 19.7. The molecule has 1 atom stereocenters. The molecule has 0 aliphatic carbocycles. The Hall–Kier alpha value is -3.18. The van der Waals surface area contributed by atoms with Crippen molar-refractivity contribution in [2.45, 2.75) is 17.7 Å². The maximum absolute atomic E-state index is 12.3. The number of hydrogen-bond acceptors (Lipinski definition) is 6. The second-order valence-electron chi connectivity index (χ2n) is 5.62. The van der Waals surface area contributed by atoms with Gasteiger partial charge in [-0.1, -0.05) is 36.4 Å². The van der Waals surface area contributed by atoms with E-state index >= 15 is 0 Å². The fourth-order valence-electron chi connectivity index (χ4n) is 2.28. The van der Waals surface area contributed by atoms with Gasteiger partial charge in [-0.25, -0.2) is 0 Å². The van der Waals surface area contributed by atoms with E-state index in [2.05, 4.69) is 6.58 Å². The van der Waals surface area contributed by atoms with Crippen molar-refractivity contribution in [1.29, 1.82) is 5.26 Å². The molecular weight excluding hydrogens is 356 g/mol. The zero-order valence-electron chi connectivity index (χ0n) is 14.0. The first-order chi connectivity index (χ1) is 12.2. The summed E-state index contributed by atoms with van der Waals surface area (Å²) in [6, 6.07) is 13.8. The fraction of sp³-hybridized carbons (Fsp3) is 0.167. The molecule has 0 aliphatic rings. The lowest BCUT2D eigenvalue weighted by atomic mass is 9.93. The van der Waals surface area contributed by atoms with Crippen LogP contribution in [0.3, 0.4) is 0 Å². The van der Waals surface area contributed by atoms with Gasteiger partial charge in [0.2, 0.25) is 6.54 Å². The van der Waals surface area contributed by atoms with Crippen LogP contribution < -0.4 is 4.18 Å². The van der Waals surface area contributed by atoms with E-state index in [9.17, 15) is 18.5 Å². The first-order valence-electron chi connectivity index (χ1n) is 7.55. The molecule has 8 heteroatoms. The molecule has 0 radical (unpaired) electrons. The van der Waals surface area contributed by atoms with Crippen molar-refractivity contribution in [3.05, 3.63) is 81.9 Å². The monoisotopic (exact) mass is 372 g/mol. The quantitative estimate of drug-likeness (QED) is 0.319. The second-order valence-corrected chi connectivity index (χ2v) is 7.17. The SMILES string of the molecule is C=C(C#N)[C@H](C[N+](=O)[O-])c1ccc(OS(=O)(=O)c2ccc(C)cc2)cc1. The van der Waals surface area contributed by atoms with E-state index in [0.717, 1.165) is 5.56 Å². The highest BCUT2D eigenvalue weighted by atomic mass is 32.2. The molecule has 2 aromatic carbocycles. The van der Waals surface area contributed by atoms with Crippen molar-refractivity contribution in [2.75, 3.05) is 6.54 Å². The molecule has 0 heterocycles. The average Bonchev–Trinajstić information content (AvgIpc) is 2.60. The van der Waals surface area contributed by atoms with Crippen LogP contribution in [0.4, 0.5) is 0 Å². The van der Waals surface area contributed by atoms with E-state index in [1.807, 2.05) is 13.0 Å². The van der Waals surface area contributed by atoms with Gasteiger partial charge in [-0.2, -0.15) is 13.7 Å². The van der Waals surface area contributed by atoms with Crippen LogP contribution in [0.5, 0.6) is 5.75 Å². The number of rotatable bonds is 7. The number of aryl methyl sites for hydroxylation is 1. The second kappa shape index (κ2) is 7.80. The van der Waals surface area contributed by atoms with Gasteiger partial charge >= 0.3 is 10.1 Å². The van der Waals surface area contributed by atoms with Gasteiger partial charge in [-0.15, -0.1) is 0 Å². The van der Waals surface area contributed by atoms with Crippen LogP contribution in [0.15, 0.2) is 65.6 Å². The minimum absolute atomic E-state index is 0.0243. The van der Waals surface area contributed by atoms with Crippen molar-refractivity contribution in [3.63, 3.8) is 0 Å². The van der Waals surface area contributed by atoms with Gasteiger partial charge in [0.15, 0.2) is 0 Å². The van der Waals surface area contributed by atoms with Crippen molar-refractivity contribution in [1.82, 2.24) is 0 Å². The number of nitrogens with zero attached hydrogens (tertiary/aromatic N) is 2. The highest BCUT2D eigenvalue weighted by molar-refractivity contribution is 7.87. The molecule has 0 bridgehead atoms. The number of hydrogen-bond donors (Lipinski definition) is 0. The summed E-state index contributed by atoms with van der Waals surface area (Å²) in [6.07, 6.45) is 0. The lowest BCUT2D eigenvalue weighted by Gasteiger charge is -2.12. The van der Waals surface area contributed by atoms with Crippen LogP contribution >= 0.6 is 0 Å². The molecule has 0 aliphatic heterocycles. The summed E-state index contributed by atoms with van der Waals surface area (Å²) in [7, 11) is -3.98. The average molecular weight is 372 g/mol. The van der Waals surface area contributed by atoms with E-state index in [1.54, 1.807) is 12.1 Å². The van der Waals surface area contributed by atoms with Crippen molar-refractivity contribution < 1.29 is 17.5 Å².